The van der Waals surface area contributed by atoms with Crippen LogP contribution >= 0.6 is 27.3 Å². The van der Waals surface area contributed by atoms with Crippen LogP contribution in [0, 0.1) is 11.6 Å². The molecule has 2 aromatic rings. The van der Waals surface area contributed by atoms with Crippen LogP contribution in [0.3, 0.4) is 0 Å². The van der Waals surface area contributed by atoms with E-state index in [0.717, 1.165) is 15.4 Å². The summed E-state index contributed by atoms with van der Waals surface area (Å²) in [6, 6.07) is 6.25. The molecule has 0 spiro atoms. The lowest BCUT2D eigenvalue weighted by Crippen LogP contribution is -2.19. The minimum atomic E-state index is -0.797. The third kappa shape index (κ3) is 2.96. The van der Waals surface area contributed by atoms with E-state index in [2.05, 4.69) is 21.2 Å². The van der Waals surface area contributed by atoms with Gasteiger partial charge in [0.25, 0.3) is 0 Å². The Morgan fingerprint density at radius 2 is 2.17 bits per heavy atom. The van der Waals surface area contributed by atoms with Crippen molar-refractivity contribution in [2.75, 3.05) is 7.05 Å². The van der Waals surface area contributed by atoms with E-state index in [0.29, 0.717) is 12.0 Å². The Balaban J connectivity index is 2.23. The minimum Gasteiger partial charge on any atom is -0.313 e. The molecule has 0 radical (unpaired) electrons. The van der Waals surface area contributed by atoms with Crippen molar-refractivity contribution in [2.24, 2.45) is 0 Å². The van der Waals surface area contributed by atoms with E-state index in [4.69, 9.17) is 0 Å². The highest BCUT2D eigenvalue weighted by Crippen LogP contribution is 2.28. The first-order valence-corrected chi connectivity index (χ1v) is 7.13. The van der Waals surface area contributed by atoms with Crippen LogP contribution in [0.4, 0.5) is 8.78 Å². The Morgan fingerprint density at radius 3 is 2.78 bits per heavy atom. The summed E-state index contributed by atoms with van der Waals surface area (Å²) in [6.07, 6.45) is 0.420. The Morgan fingerprint density at radius 1 is 1.39 bits per heavy atom. The van der Waals surface area contributed by atoms with Crippen molar-refractivity contribution in [1.29, 1.82) is 0 Å². The standard InChI is InChI=1S/C13H12BrF2NS/c1-17-11(9-6-12(14)18-7-9)5-8-3-2-4-10(15)13(8)16/h2-4,6-7,11,17H,5H2,1H3. The maximum Gasteiger partial charge on any atom is 0.162 e. The van der Waals surface area contributed by atoms with E-state index in [9.17, 15) is 8.78 Å². The predicted octanol–water partition coefficient (Wildman–Crippen LogP) is 4.29. The van der Waals surface area contributed by atoms with Crippen molar-refractivity contribution in [3.05, 3.63) is 56.2 Å². The fraction of sp³-hybridized carbons (Fsp3) is 0.231. The molecule has 2 rings (SSSR count). The molecule has 0 amide bonds. The minimum absolute atomic E-state index is 0.0242. The van der Waals surface area contributed by atoms with Gasteiger partial charge in [-0.15, -0.1) is 11.3 Å². The highest BCUT2D eigenvalue weighted by Gasteiger charge is 2.15. The van der Waals surface area contributed by atoms with Crippen LogP contribution < -0.4 is 5.32 Å². The third-order valence-electron chi connectivity index (χ3n) is 2.79. The van der Waals surface area contributed by atoms with E-state index >= 15 is 0 Å². The largest absolute Gasteiger partial charge is 0.313 e. The molecule has 18 heavy (non-hydrogen) atoms. The number of benzene rings is 1. The SMILES string of the molecule is CNC(Cc1cccc(F)c1F)c1csc(Br)c1. The molecule has 1 heterocycles. The van der Waals surface area contributed by atoms with Gasteiger partial charge in [-0.2, -0.15) is 0 Å². The van der Waals surface area contributed by atoms with Gasteiger partial charge in [0.2, 0.25) is 0 Å². The first-order valence-electron chi connectivity index (χ1n) is 5.46. The topological polar surface area (TPSA) is 12.0 Å². The van der Waals surface area contributed by atoms with Crippen molar-refractivity contribution in [3.63, 3.8) is 0 Å². The summed E-state index contributed by atoms with van der Waals surface area (Å²) in [7, 11) is 1.81. The predicted molar refractivity (Wildman–Crippen MR) is 73.9 cm³/mol. The molecular weight excluding hydrogens is 320 g/mol. The lowest BCUT2D eigenvalue weighted by Gasteiger charge is -2.15. The lowest BCUT2D eigenvalue weighted by atomic mass is 10.0. The van der Waals surface area contributed by atoms with Crippen LogP contribution in [0.2, 0.25) is 0 Å². The molecule has 1 aromatic heterocycles. The van der Waals surface area contributed by atoms with Crippen LogP contribution in [0.25, 0.3) is 0 Å². The highest BCUT2D eigenvalue weighted by molar-refractivity contribution is 9.11. The first kappa shape index (κ1) is 13.6. The summed E-state index contributed by atoms with van der Waals surface area (Å²) < 4.78 is 27.8. The highest BCUT2D eigenvalue weighted by atomic mass is 79.9. The van der Waals surface area contributed by atoms with Gasteiger partial charge in [-0.3, -0.25) is 0 Å². The number of likely N-dealkylation sites (N-methyl/N-ethyl adjacent to an activating group) is 1. The maximum absolute atomic E-state index is 13.6. The normalized spacial score (nSPS) is 12.7. The fourth-order valence-electron chi connectivity index (χ4n) is 1.82. The number of rotatable bonds is 4. The molecule has 0 fully saturated rings. The number of hydrogen-bond donors (Lipinski definition) is 1. The molecule has 0 saturated carbocycles. The van der Waals surface area contributed by atoms with E-state index in [-0.39, 0.29) is 6.04 Å². The van der Waals surface area contributed by atoms with Gasteiger partial charge in [-0.25, -0.2) is 8.78 Å². The second-order valence-electron chi connectivity index (χ2n) is 3.94. The molecule has 1 nitrogen and oxygen atoms in total. The van der Waals surface area contributed by atoms with Gasteiger partial charge < -0.3 is 5.32 Å². The van der Waals surface area contributed by atoms with Crippen molar-refractivity contribution in [2.45, 2.75) is 12.5 Å². The monoisotopic (exact) mass is 331 g/mol. The fourth-order valence-corrected chi connectivity index (χ4v) is 3.05. The molecule has 0 saturated heterocycles. The number of nitrogens with one attached hydrogen (secondary N) is 1. The van der Waals surface area contributed by atoms with Crippen LogP contribution in [0.1, 0.15) is 17.2 Å². The van der Waals surface area contributed by atoms with Gasteiger partial charge in [-0.05, 0) is 58.0 Å². The number of thiophene rings is 1. The molecule has 5 heteroatoms. The summed E-state index contributed by atoms with van der Waals surface area (Å²) in [6.45, 7) is 0. The van der Waals surface area contributed by atoms with Gasteiger partial charge in [0.1, 0.15) is 0 Å². The molecular formula is C13H12BrF2NS. The van der Waals surface area contributed by atoms with Gasteiger partial charge in [0, 0.05) is 6.04 Å². The molecule has 0 aliphatic carbocycles. The Hall–Kier alpha value is -0.780. The Labute approximate surface area is 117 Å². The average Bonchev–Trinajstić information content (AvgIpc) is 2.78. The molecule has 1 atom stereocenters. The zero-order valence-electron chi connectivity index (χ0n) is 9.71. The van der Waals surface area contributed by atoms with E-state index in [1.54, 1.807) is 17.4 Å². The second-order valence-corrected chi connectivity index (χ2v) is 6.23. The van der Waals surface area contributed by atoms with Gasteiger partial charge in [0.15, 0.2) is 11.6 Å². The van der Waals surface area contributed by atoms with Crippen molar-refractivity contribution in [1.82, 2.24) is 5.32 Å². The summed E-state index contributed by atoms with van der Waals surface area (Å²) >= 11 is 4.97. The lowest BCUT2D eigenvalue weighted by molar-refractivity contribution is 0.487. The zero-order valence-corrected chi connectivity index (χ0v) is 12.1. The quantitative estimate of drug-likeness (QED) is 0.881. The van der Waals surface area contributed by atoms with Gasteiger partial charge in [0.05, 0.1) is 3.79 Å². The summed E-state index contributed by atoms with van der Waals surface area (Å²) in [4.78, 5) is 0. The van der Waals surface area contributed by atoms with Crippen molar-refractivity contribution in [3.8, 4) is 0 Å². The van der Waals surface area contributed by atoms with Crippen LogP contribution in [-0.2, 0) is 6.42 Å². The average molecular weight is 332 g/mol. The molecule has 0 aliphatic heterocycles. The Kier molecular flexibility index (Phi) is 4.48. The summed E-state index contributed by atoms with van der Waals surface area (Å²) in [5, 5.41) is 5.13. The van der Waals surface area contributed by atoms with E-state index in [1.807, 2.05) is 18.5 Å². The Bertz CT molecular complexity index is 542. The maximum atomic E-state index is 13.6. The van der Waals surface area contributed by atoms with Crippen molar-refractivity contribution < 1.29 is 8.78 Å². The summed E-state index contributed by atoms with van der Waals surface area (Å²) in [5.74, 6) is -1.55. The molecule has 96 valence electrons. The van der Waals surface area contributed by atoms with Crippen LogP contribution in [-0.4, -0.2) is 7.05 Å². The zero-order chi connectivity index (χ0) is 13.1. The number of hydrogen-bond acceptors (Lipinski definition) is 2. The third-order valence-corrected chi connectivity index (χ3v) is 4.32. The molecule has 0 aliphatic rings. The van der Waals surface area contributed by atoms with Gasteiger partial charge >= 0.3 is 0 Å². The van der Waals surface area contributed by atoms with Crippen LogP contribution in [0.5, 0.6) is 0 Å². The van der Waals surface area contributed by atoms with Gasteiger partial charge in [-0.1, -0.05) is 12.1 Å². The molecule has 1 N–H and O–H groups in total. The molecule has 1 unspecified atom stereocenters. The molecule has 1 aromatic carbocycles. The van der Waals surface area contributed by atoms with Crippen LogP contribution in [0.15, 0.2) is 33.4 Å². The first-order chi connectivity index (χ1) is 8.61. The van der Waals surface area contributed by atoms with E-state index in [1.165, 1.54) is 6.07 Å². The van der Waals surface area contributed by atoms with Crippen molar-refractivity contribution >= 4 is 27.3 Å². The second kappa shape index (κ2) is 5.91. The van der Waals surface area contributed by atoms with E-state index < -0.39 is 11.6 Å². The smallest absolute Gasteiger partial charge is 0.162 e. The molecule has 0 bridgehead atoms. The summed E-state index contributed by atoms with van der Waals surface area (Å²) in [5.41, 5.74) is 1.45. The number of halogens is 3.